The Morgan fingerprint density at radius 3 is 2.31 bits per heavy atom. The topological polar surface area (TPSA) is 106 Å². The van der Waals surface area contributed by atoms with Crippen LogP contribution in [0, 0.1) is 6.92 Å². The highest BCUT2D eigenvalue weighted by Gasteiger charge is 2.28. The Kier molecular flexibility index (Phi) is 5.86. The van der Waals surface area contributed by atoms with E-state index < -0.39 is 5.91 Å². The Labute approximate surface area is 203 Å². The summed E-state index contributed by atoms with van der Waals surface area (Å²) in [7, 11) is 0. The maximum atomic E-state index is 12.4. The number of nitrogens with one attached hydrogen (secondary N) is 1. The van der Waals surface area contributed by atoms with E-state index in [-0.39, 0.29) is 11.8 Å². The number of nitrogens with two attached hydrogens (primary N) is 1. The lowest BCUT2D eigenvalue weighted by Gasteiger charge is -2.30. The van der Waals surface area contributed by atoms with Crippen molar-refractivity contribution < 1.29 is 14.3 Å². The summed E-state index contributed by atoms with van der Waals surface area (Å²) >= 11 is 0. The van der Waals surface area contributed by atoms with E-state index in [0.29, 0.717) is 35.9 Å². The van der Waals surface area contributed by atoms with Crippen molar-refractivity contribution in [2.24, 2.45) is 5.73 Å². The van der Waals surface area contributed by atoms with Gasteiger partial charge in [0.05, 0.1) is 0 Å². The fraction of sp³-hybridized carbons (Fsp3) is 0.222. The van der Waals surface area contributed by atoms with Crippen molar-refractivity contribution in [1.82, 2.24) is 19.5 Å². The molecule has 0 atom stereocenters. The number of fused-ring (bicyclic) bond motifs is 1. The van der Waals surface area contributed by atoms with Gasteiger partial charge in [0, 0.05) is 30.4 Å². The maximum Gasteiger partial charge on any atom is 0.269 e. The minimum atomic E-state index is -0.563. The summed E-state index contributed by atoms with van der Waals surface area (Å²) in [6.07, 6.45) is 4.86. The molecule has 0 aliphatic carbocycles. The van der Waals surface area contributed by atoms with E-state index in [0.717, 1.165) is 35.3 Å². The van der Waals surface area contributed by atoms with E-state index in [1.165, 1.54) is 6.08 Å². The SMILES string of the molecule is C=CC(=O)N1CCC(c2c[nH]n3c(C(N)=O)c(-c4ccc(Oc5ccc(C)cc5)cc4)nc23)CC1. The number of piperidine rings is 1. The van der Waals surface area contributed by atoms with Crippen molar-refractivity contribution >= 4 is 17.5 Å². The van der Waals surface area contributed by atoms with Crippen LogP contribution in [-0.4, -0.2) is 44.4 Å². The highest BCUT2D eigenvalue weighted by molar-refractivity contribution is 5.98. The number of ether oxygens (including phenoxy) is 1. The number of hydrogen-bond donors (Lipinski definition) is 2. The third kappa shape index (κ3) is 4.30. The molecule has 3 heterocycles. The largest absolute Gasteiger partial charge is 0.457 e. The zero-order valence-corrected chi connectivity index (χ0v) is 19.5. The van der Waals surface area contributed by atoms with Crippen LogP contribution >= 0.6 is 0 Å². The highest BCUT2D eigenvalue weighted by Crippen LogP contribution is 2.34. The quantitative estimate of drug-likeness (QED) is 0.408. The van der Waals surface area contributed by atoms with Gasteiger partial charge < -0.3 is 15.4 Å². The number of carbonyl (C=O) groups excluding carboxylic acids is 2. The Hall–Kier alpha value is -4.33. The molecule has 2 aromatic carbocycles. The molecule has 0 saturated carbocycles. The summed E-state index contributed by atoms with van der Waals surface area (Å²) in [5, 5.41) is 3.15. The molecule has 1 aliphatic rings. The van der Waals surface area contributed by atoms with E-state index >= 15 is 0 Å². The van der Waals surface area contributed by atoms with Gasteiger partial charge in [0.2, 0.25) is 5.91 Å². The van der Waals surface area contributed by atoms with Gasteiger partial charge >= 0.3 is 0 Å². The molecule has 8 heteroatoms. The van der Waals surface area contributed by atoms with Crippen molar-refractivity contribution in [2.45, 2.75) is 25.7 Å². The van der Waals surface area contributed by atoms with Gasteiger partial charge in [-0.25, -0.2) is 9.50 Å². The van der Waals surface area contributed by atoms with Gasteiger partial charge in [0.15, 0.2) is 11.3 Å². The van der Waals surface area contributed by atoms with Crippen LogP contribution in [0.15, 0.2) is 67.4 Å². The Bertz CT molecular complexity index is 1390. The number of H-pyrrole nitrogens is 1. The molecule has 1 aliphatic heterocycles. The summed E-state index contributed by atoms with van der Waals surface area (Å²) in [4.78, 5) is 31.0. The van der Waals surface area contributed by atoms with Crippen LogP contribution in [0.4, 0.5) is 0 Å². The predicted octanol–water partition coefficient (Wildman–Crippen LogP) is 4.42. The van der Waals surface area contributed by atoms with Crippen LogP contribution in [0.2, 0.25) is 0 Å². The van der Waals surface area contributed by atoms with Crippen molar-refractivity contribution in [3.8, 4) is 22.8 Å². The van der Waals surface area contributed by atoms with Gasteiger partial charge in [-0.1, -0.05) is 24.3 Å². The summed E-state index contributed by atoms with van der Waals surface area (Å²) < 4.78 is 7.58. The number of nitrogens with zero attached hydrogens (tertiary/aromatic N) is 3. The zero-order chi connectivity index (χ0) is 24.5. The molecule has 0 bridgehead atoms. The van der Waals surface area contributed by atoms with Crippen molar-refractivity contribution in [2.75, 3.05) is 13.1 Å². The van der Waals surface area contributed by atoms with Crippen molar-refractivity contribution in [3.63, 3.8) is 0 Å². The minimum absolute atomic E-state index is 0.0448. The molecule has 8 nitrogen and oxygen atoms in total. The number of aromatic nitrogens is 3. The summed E-state index contributed by atoms with van der Waals surface area (Å²) in [5.41, 5.74) is 10.2. The molecule has 2 aromatic heterocycles. The second-order valence-corrected chi connectivity index (χ2v) is 8.80. The molecule has 0 spiro atoms. The third-order valence-electron chi connectivity index (χ3n) is 6.52. The summed E-state index contributed by atoms with van der Waals surface area (Å²) in [5.74, 6) is 1.05. The first-order valence-corrected chi connectivity index (χ1v) is 11.6. The molecule has 2 amide bonds. The first-order chi connectivity index (χ1) is 16.9. The van der Waals surface area contributed by atoms with Crippen molar-refractivity contribution in [1.29, 1.82) is 0 Å². The Morgan fingerprint density at radius 2 is 1.71 bits per heavy atom. The van der Waals surface area contributed by atoms with Crippen LogP contribution in [0.25, 0.3) is 16.9 Å². The van der Waals surface area contributed by atoms with Crippen LogP contribution in [0.1, 0.15) is 40.4 Å². The molecule has 178 valence electrons. The monoisotopic (exact) mass is 469 g/mol. The van der Waals surface area contributed by atoms with Gasteiger partial charge in [-0.3, -0.25) is 14.7 Å². The normalized spacial score (nSPS) is 14.3. The average molecular weight is 470 g/mol. The van der Waals surface area contributed by atoms with Crippen molar-refractivity contribution in [3.05, 3.63) is 84.2 Å². The predicted molar refractivity (Wildman–Crippen MR) is 134 cm³/mol. The van der Waals surface area contributed by atoms with Gasteiger partial charge in [0.25, 0.3) is 5.91 Å². The second-order valence-electron chi connectivity index (χ2n) is 8.80. The summed E-state index contributed by atoms with van der Waals surface area (Å²) in [6, 6.07) is 15.3. The zero-order valence-electron chi connectivity index (χ0n) is 19.5. The molecule has 1 saturated heterocycles. The molecule has 4 aromatic rings. The van der Waals surface area contributed by atoms with Gasteiger partial charge in [0.1, 0.15) is 17.2 Å². The molecule has 3 N–H and O–H groups in total. The molecule has 1 fully saturated rings. The molecular formula is C27H27N5O3. The second kappa shape index (κ2) is 9.13. The fourth-order valence-electron chi connectivity index (χ4n) is 4.63. The number of rotatable bonds is 6. The number of amides is 2. The number of likely N-dealkylation sites (tertiary alicyclic amines) is 1. The lowest BCUT2D eigenvalue weighted by atomic mass is 9.91. The Morgan fingerprint density at radius 1 is 1.09 bits per heavy atom. The number of imidazole rings is 1. The van der Waals surface area contributed by atoms with Gasteiger partial charge in [-0.15, -0.1) is 0 Å². The van der Waals surface area contributed by atoms with E-state index in [1.54, 1.807) is 9.42 Å². The number of primary amides is 1. The van der Waals surface area contributed by atoms with E-state index in [1.807, 2.05) is 61.7 Å². The molecular weight excluding hydrogens is 442 g/mol. The average Bonchev–Trinajstić information content (AvgIpc) is 3.45. The van der Waals surface area contributed by atoms with Gasteiger partial charge in [-0.2, -0.15) is 0 Å². The fourth-order valence-corrected chi connectivity index (χ4v) is 4.63. The number of aromatic amines is 1. The molecule has 0 unspecified atom stereocenters. The molecule has 35 heavy (non-hydrogen) atoms. The standard InChI is InChI=1S/C27H27N5O3/c1-3-23(33)31-14-12-18(13-15-31)22-16-29-32-25(26(28)34)24(30-27(22)32)19-6-10-21(11-7-19)35-20-8-4-17(2)5-9-20/h3-11,16,18,29H,1,12-15H2,2H3,(H2,28,34). The first-order valence-electron chi connectivity index (χ1n) is 11.6. The van der Waals surface area contributed by atoms with E-state index in [9.17, 15) is 9.59 Å². The lowest BCUT2D eigenvalue weighted by Crippen LogP contribution is -2.36. The first kappa shape index (κ1) is 22.5. The maximum absolute atomic E-state index is 12.4. The number of benzene rings is 2. The van der Waals surface area contributed by atoms with Gasteiger partial charge in [-0.05, 0) is 68.2 Å². The van der Waals surface area contributed by atoms with E-state index in [2.05, 4.69) is 11.7 Å². The Balaban J connectivity index is 1.42. The van der Waals surface area contributed by atoms with Crippen LogP contribution < -0.4 is 10.5 Å². The smallest absolute Gasteiger partial charge is 0.269 e. The van der Waals surface area contributed by atoms with Crippen LogP contribution in [0.3, 0.4) is 0 Å². The van der Waals surface area contributed by atoms with Crippen LogP contribution in [0.5, 0.6) is 11.5 Å². The molecule has 0 radical (unpaired) electrons. The summed E-state index contributed by atoms with van der Waals surface area (Å²) in [6.45, 7) is 6.92. The lowest BCUT2D eigenvalue weighted by molar-refractivity contribution is -0.127. The number of carbonyl (C=O) groups is 2. The molecule has 5 rings (SSSR count). The van der Waals surface area contributed by atoms with Crippen LogP contribution in [-0.2, 0) is 4.79 Å². The highest BCUT2D eigenvalue weighted by atomic mass is 16.5. The minimum Gasteiger partial charge on any atom is -0.457 e. The number of aryl methyl sites for hydroxylation is 1. The third-order valence-corrected chi connectivity index (χ3v) is 6.52. The van der Waals surface area contributed by atoms with E-state index in [4.69, 9.17) is 15.5 Å². The number of hydrogen-bond acceptors (Lipinski definition) is 4.